The van der Waals surface area contributed by atoms with Gasteiger partial charge in [0.05, 0.1) is 10.6 Å². The predicted molar refractivity (Wildman–Crippen MR) is 173 cm³/mol. The Morgan fingerprint density at radius 2 is 1.58 bits per heavy atom. The highest BCUT2D eigenvalue weighted by Crippen LogP contribution is 2.31. The Bertz CT molecular complexity index is 1520. The SMILES string of the molecule is CC[C@@H](C(=O)NC1CCCCC1)N(Cc1ccc(Cl)cc1)C(=O)CN(c1cccc(Cl)c1C)S(=O)(=O)c1ccc(C)cc1. The molecule has 4 rings (SSSR count). The monoisotopic (exact) mass is 643 g/mol. The number of anilines is 1. The predicted octanol–water partition coefficient (Wildman–Crippen LogP) is 7.06. The van der Waals surface area contributed by atoms with Crippen molar-refractivity contribution in [2.75, 3.05) is 10.8 Å². The Labute approximate surface area is 265 Å². The Balaban J connectivity index is 1.73. The molecular weight excluding hydrogens is 605 g/mol. The van der Waals surface area contributed by atoms with Gasteiger partial charge < -0.3 is 10.2 Å². The molecule has 0 saturated heterocycles. The van der Waals surface area contributed by atoms with Gasteiger partial charge in [-0.3, -0.25) is 13.9 Å². The van der Waals surface area contributed by atoms with E-state index in [1.807, 2.05) is 13.8 Å². The smallest absolute Gasteiger partial charge is 0.264 e. The first-order valence-electron chi connectivity index (χ1n) is 14.7. The largest absolute Gasteiger partial charge is 0.352 e. The Morgan fingerprint density at radius 1 is 0.930 bits per heavy atom. The van der Waals surface area contributed by atoms with Crippen molar-refractivity contribution in [3.8, 4) is 0 Å². The third kappa shape index (κ3) is 8.11. The molecule has 1 N–H and O–H groups in total. The van der Waals surface area contributed by atoms with E-state index in [1.54, 1.807) is 61.5 Å². The maximum Gasteiger partial charge on any atom is 0.264 e. The average Bonchev–Trinajstić information content (AvgIpc) is 2.99. The number of amides is 2. The van der Waals surface area contributed by atoms with Crippen LogP contribution in [0.4, 0.5) is 5.69 Å². The number of hydrogen-bond donors (Lipinski definition) is 1. The summed E-state index contributed by atoms with van der Waals surface area (Å²) in [5.41, 5.74) is 2.50. The van der Waals surface area contributed by atoms with Gasteiger partial charge in [0.1, 0.15) is 12.6 Å². The lowest BCUT2D eigenvalue weighted by atomic mass is 9.95. The minimum Gasteiger partial charge on any atom is -0.352 e. The van der Waals surface area contributed by atoms with E-state index in [1.165, 1.54) is 17.0 Å². The molecule has 7 nitrogen and oxygen atoms in total. The van der Waals surface area contributed by atoms with Crippen LogP contribution >= 0.6 is 23.2 Å². The van der Waals surface area contributed by atoms with Crippen molar-refractivity contribution in [2.24, 2.45) is 0 Å². The van der Waals surface area contributed by atoms with E-state index in [4.69, 9.17) is 23.2 Å². The number of carbonyl (C=O) groups excluding carboxylic acids is 2. The van der Waals surface area contributed by atoms with Crippen LogP contribution in [0.1, 0.15) is 62.1 Å². The van der Waals surface area contributed by atoms with Crippen LogP contribution in [0.15, 0.2) is 71.6 Å². The zero-order valence-corrected chi connectivity index (χ0v) is 27.2. The van der Waals surface area contributed by atoms with Crippen molar-refractivity contribution in [3.63, 3.8) is 0 Å². The van der Waals surface area contributed by atoms with Gasteiger partial charge in [0.25, 0.3) is 10.0 Å². The third-order valence-corrected chi connectivity index (χ3v) is 10.4. The van der Waals surface area contributed by atoms with Crippen molar-refractivity contribution in [1.82, 2.24) is 10.2 Å². The van der Waals surface area contributed by atoms with E-state index < -0.39 is 28.5 Å². The number of aryl methyl sites for hydroxylation is 1. The second-order valence-corrected chi connectivity index (χ2v) is 13.8. The van der Waals surface area contributed by atoms with Crippen molar-refractivity contribution >= 4 is 50.7 Å². The highest BCUT2D eigenvalue weighted by molar-refractivity contribution is 7.92. The zero-order valence-electron chi connectivity index (χ0n) is 24.9. The molecule has 0 bridgehead atoms. The maximum absolute atomic E-state index is 14.3. The van der Waals surface area contributed by atoms with E-state index in [9.17, 15) is 18.0 Å². The molecule has 1 atom stereocenters. The van der Waals surface area contributed by atoms with E-state index in [0.29, 0.717) is 27.7 Å². The minimum atomic E-state index is -4.18. The van der Waals surface area contributed by atoms with Crippen molar-refractivity contribution in [2.45, 2.75) is 82.8 Å². The molecule has 0 heterocycles. The van der Waals surface area contributed by atoms with Crippen LogP contribution in [-0.4, -0.2) is 43.8 Å². The summed E-state index contributed by atoms with van der Waals surface area (Å²) in [5, 5.41) is 4.09. The van der Waals surface area contributed by atoms with Gasteiger partial charge in [0.15, 0.2) is 0 Å². The minimum absolute atomic E-state index is 0.0524. The number of benzene rings is 3. The van der Waals surface area contributed by atoms with Gasteiger partial charge in [-0.2, -0.15) is 0 Å². The highest BCUT2D eigenvalue weighted by atomic mass is 35.5. The van der Waals surface area contributed by atoms with Gasteiger partial charge in [-0.1, -0.05) is 85.3 Å². The standard InChI is InChI=1S/C33H39Cl2N3O4S/c1-4-30(33(40)36-27-9-6-5-7-10-27)37(21-25-15-17-26(34)18-16-25)32(39)22-38(31-12-8-11-29(35)24(31)3)43(41,42)28-19-13-23(2)14-20-28/h8,11-20,27,30H,4-7,9-10,21-22H2,1-3H3,(H,36,40)/t30-/m0/s1. The molecule has 1 aliphatic carbocycles. The van der Waals surface area contributed by atoms with Crippen LogP contribution < -0.4 is 9.62 Å². The summed E-state index contributed by atoms with van der Waals surface area (Å²) in [6, 6.07) is 17.8. The normalized spacial score (nSPS) is 14.6. The molecule has 0 spiro atoms. The molecule has 230 valence electrons. The second kappa shape index (κ2) is 14.6. The topological polar surface area (TPSA) is 86.8 Å². The van der Waals surface area contributed by atoms with Crippen LogP contribution in [0.3, 0.4) is 0 Å². The number of carbonyl (C=O) groups is 2. The molecule has 0 unspecified atom stereocenters. The Kier molecular flexibility index (Phi) is 11.2. The summed E-state index contributed by atoms with van der Waals surface area (Å²) in [6.07, 6.45) is 5.44. The first-order valence-corrected chi connectivity index (χ1v) is 16.9. The lowest BCUT2D eigenvalue weighted by molar-refractivity contribution is -0.140. The fourth-order valence-electron chi connectivity index (χ4n) is 5.47. The third-order valence-electron chi connectivity index (χ3n) is 8.00. The fourth-order valence-corrected chi connectivity index (χ4v) is 7.23. The van der Waals surface area contributed by atoms with E-state index in [-0.39, 0.29) is 23.4 Å². The lowest BCUT2D eigenvalue weighted by Gasteiger charge is -2.34. The summed E-state index contributed by atoms with van der Waals surface area (Å²) < 4.78 is 29.3. The molecule has 0 aliphatic heterocycles. The fraction of sp³-hybridized carbons (Fsp3) is 0.394. The molecule has 0 radical (unpaired) electrons. The number of nitrogens with zero attached hydrogens (tertiary/aromatic N) is 2. The highest BCUT2D eigenvalue weighted by Gasteiger charge is 2.35. The number of nitrogens with one attached hydrogen (secondary N) is 1. The first-order chi connectivity index (χ1) is 20.5. The number of hydrogen-bond acceptors (Lipinski definition) is 4. The number of sulfonamides is 1. The molecule has 1 aliphatic rings. The molecule has 3 aromatic carbocycles. The van der Waals surface area contributed by atoms with E-state index in [0.717, 1.165) is 47.5 Å². The lowest BCUT2D eigenvalue weighted by Crippen LogP contribution is -2.54. The van der Waals surface area contributed by atoms with Gasteiger partial charge in [-0.25, -0.2) is 8.42 Å². The molecule has 1 saturated carbocycles. The second-order valence-electron chi connectivity index (χ2n) is 11.1. The summed E-state index contributed by atoms with van der Waals surface area (Å²) in [6.45, 7) is 5.04. The quantitative estimate of drug-likeness (QED) is 0.242. The molecule has 3 aromatic rings. The number of halogens is 2. The Hall–Kier alpha value is -3.07. The molecule has 0 aromatic heterocycles. The molecule has 10 heteroatoms. The van der Waals surface area contributed by atoms with Gasteiger partial charge in [-0.15, -0.1) is 0 Å². The van der Waals surface area contributed by atoms with Crippen LogP contribution in [0.5, 0.6) is 0 Å². The molecule has 43 heavy (non-hydrogen) atoms. The van der Waals surface area contributed by atoms with Crippen molar-refractivity contribution < 1.29 is 18.0 Å². The zero-order chi connectivity index (χ0) is 31.1. The van der Waals surface area contributed by atoms with Crippen molar-refractivity contribution in [3.05, 3.63) is 93.5 Å². The van der Waals surface area contributed by atoms with Crippen molar-refractivity contribution in [1.29, 1.82) is 0 Å². The van der Waals surface area contributed by atoms with Crippen LogP contribution in [0.25, 0.3) is 0 Å². The van der Waals surface area contributed by atoms with Crippen LogP contribution in [0, 0.1) is 13.8 Å². The van der Waals surface area contributed by atoms with Gasteiger partial charge in [0.2, 0.25) is 11.8 Å². The first kappa shape index (κ1) is 32.8. The molecule has 1 fully saturated rings. The summed E-state index contributed by atoms with van der Waals surface area (Å²) in [5.74, 6) is -0.737. The van der Waals surface area contributed by atoms with E-state index in [2.05, 4.69) is 5.32 Å². The summed E-state index contributed by atoms with van der Waals surface area (Å²) >= 11 is 12.5. The van der Waals surface area contributed by atoms with Gasteiger partial charge >= 0.3 is 0 Å². The van der Waals surface area contributed by atoms with Gasteiger partial charge in [-0.05, 0) is 80.6 Å². The number of rotatable bonds is 11. The van der Waals surface area contributed by atoms with Crippen LogP contribution in [0.2, 0.25) is 10.0 Å². The van der Waals surface area contributed by atoms with Crippen LogP contribution in [-0.2, 0) is 26.2 Å². The molecule has 2 amide bonds. The summed E-state index contributed by atoms with van der Waals surface area (Å²) in [7, 11) is -4.18. The maximum atomic E-state index is 14.3. The molecular formula is C33H39Cl2N3O4S. The van der Waals surface area contributed by atoms with Gasteiger partial charge in [0, 0.05) is 22.6 Å². The average molecular weight is 645 g/mol. The summed E-state index contributed by atoms with van der Waals surface area (Å²) in [4.78, 5) is 29.5. The van der Waals surface area contributed by atoms with E-state index >= 15 is 0 Å². The Morgan fingerprint density at radius 3 is 2.21 bits per heavy atom.